The molecule has 2 N–H and O–H groups in total. The summed E-state index contributed by atoms with van der Waals surface area (Å²) in [6, 6.07) is 7.71. The van der Waals surface area contributed by atoms with Crippen LogP contribution in [0.3, 0.4) is 0 Å². The fourth-order valence-corrected chi connectivity index (χ4v) is 1.57. The number of nitrogens with two attached hydrogens (primary N) is 1. The van der Waals surface area contributed by atoms with Crippen LogP contribution in [0.15, 0.2) is 34.9 Å². The number of aryl methyl sites for hydroxylation is 1. The fourth-order valence-electron chi connectivity index (χ4n) is 1.57. The second-order valence-corrected chi connectivity index (χ2v) is 3.81. The Labute approximate surface area is 94.7 Å². The minimum atomic E-state index is 0.528. The lowest BCUT2D eigenvalue weighted by molar-refractivity contribution is 0.482. The van der Waals surface area contributed by atoms with Gasteiger partial charge in [0.05, 0.1) is 6.54 Å². The summed E-state index contributed by atoms with van der Waals surface area (Å²) < 4.78 is 5.52. The molecule has 0 radical (unpaired) electrons. The number of pyridine rings is 1. The topological polar surface area (TPSA) is 55.3 Å². The maximum atomic E-state index is 5.63. The van der Waals surface area contributed by atoms with E-state index in [0.717, 1.165) is 23.8 Å². The molecule has 2 aromatic heterocycles. The number of nitrogen functional groups attached to an aromatic ring is 1. The molecular weight excluding hydrogens is 202 g/mol. The molecular formula is C12H15N3O. The van der Waals surface area contributed by atoms with Crippen LogP contribution in [0, 0.1) is 6.92 Å². The Hall–Kier alpha value is -1.97. The summed E-state index contributed by atoms with van der Waals surface area (Å²) in [5.41, 5.74) is 6.66. The summed E-state index contributed by atoms with van der Waals surface area (Å²) in [7, 11) is 1.99. The predicted octanol–water partition coefficient (Wildman–Crippen LogP) is 2.20. The summed E-state index contributed by atoms with van der Waals surface area (Å²) >= 11 is 0. The van der Waals surface area contributed by atoms with Crippen LogP contribution in [-0.4, -0.2) is 12.0 Å². The number of anilines is 2. The zero-order valence-corrected chi connectivity index (χ0v) is 9.47. The predicted molar refractivity (Wildman–Crippen MR) is 64.2 cm³/mol. The second-order valence-electron chi connectivity index (χ2n) is 3.81. The molecule has 0 spiro atoms. The summed E-state index contributed by atoms with van der Waals surface area (Å²) in [4.78, 5) is 6.03. The Balaban J connectivity index is 2.11. The molecule has 0 atom stereocenters. The molecule has 0 unspecified atom stereocenters. The largest absolute Gasteiger partial charge is 0.464 e. The van der Waals surface area contributed by atoms with E-state index in [4.69, 9.17) is 10.2 Å². The highest BCUT2D eigenvalue weighted by molar-refractivity contribution is 5.51. The molecule has 0 saturated carbocycles. The van der Waals surface area contributed by atoms with Crippen molar-refractivity contribution in [3.05, 3.63) is 42.0 Å². The molecule has 0 saturated heterocycles. The number of aromatic nitrogens is 1. The third kappa shape index (κ3) is 2.34. The van der Waals surface area contributed by atoms with Crippen LogP contribution in [0.25, 0.3) is 0 Å². The van der Waals surface area contributed by atoms with Crippen LogP contribution in [0.2, 0.25) is 0 Å². The molecule has 4 nitrogen and oxygen atoms in total. The quantitative estimate of drug-likeness (QED) is 0.856. The molecule has 2 heterocycles. The van der Waals surface area contributed by atoms with Crippen LogP contribution in [0.1, 0.15) is 11.5 Å². The van der Waals surface area contributed by atoms with Crippen molar-refractivity contribution in [2.24, 2.45) is 0 Å². The van der Waals surface area contributed by atoms with Gasteiger partial charge in [-0.15, -0.1) is 0 Å². The molecule has 2 aromatic rings. The average Bonchev–Trinajstić information content (AvgIpc) is 2.64. The number of furan rings is 1. The van der Waals surface area contributed by atoms with E-state index in [1.54, 1.807) is 6.20 Å². The van der Waals surface area contributed by atoms with E-state index in [2.05, 4.69) is 9.88 Å². The van der Waals surface area contributed by atoms with Crippen molar-refractivity contribution in [3.8, 4) is 0 Å². The molecule has 0 aliphatic heterocycles. The molecule has 0 aliphatic carbocycles. The SMILES string of the molecule is Cc1ccc(CN(C)c2ccnc(N)c2)o1. The van der Waals surface area contributed by atoms with Crippen LogP contribution in [-0.2, 0) is 6.54 Å². The van der Waals surface area contributed by atoms with Gasteiger partial charge in [0.15, 0.2) is 0 Å². The lowest BCUT2D eigenvalue weighted by Crippen LogP contribution is -2.16. The average molecular weight is 217 g/mol. The van der Waals surface area contributed by atoms with Crippen molar-refractivity contribution >= 4 is 11.5 Å². The zero-order chi connectivity index (χ0) is 11.5. The van der Waals surface area contributed by atoms with Crippen molar-refractivity contribution in [3.63, 3.8) is 0 Å². The lowest BCUT2D eigenvalue weighted by Gasteiger charge is -2.17. The van der Waals surface area contributed by atoms with Crippen molar-refractivity contribution < 1.29 is 4.42 Å². The number of rotatable bonds is 3. The molecule has 16 heavy (non-hydrogen) atoms. The van der Waals surface area contributed by atoms with Gasteiger partial charge in [0.25, 0.3) is 0 Å². The van der Waals surface area contributed by atoms with E-state index < -0.39 is 0 Å². The monoisotopic (exact) mass is 217 g/mol. The molecule has 0 aromatic carbocycles. The van der Waals surface area contributed by atoms with E-state index in [9.17, 15) is 0 Å². The third-order valence-electron chi connectivity index (χ3n) is 2.39. The van der Waals surface area contributed by atoms with E-state index in [1.807, 2.05) is 38.2 Å². The van der Waals surface area contributed by atoms with Gasteiger partial charge in [-0.05, 0) is 25.1 Å². The molecule has 2 rings (SSSR count). The maximum absolute atomic E-state index is 5.63. The van der Waals surface area contributed by atoms with Gasteiger partial charge < -0.3 is 15.1 Å². The van der Waals surface area contributed by atoms with Crippen LogP contribution in [0.4, 0.5) is 11.5 Å². The number of hydrogen-bond acceptors (Lipinski definition) is 4. The smallest absolute Gasteiger partial charge is 0.125 e. The minimum Gasteiger partial charge on any atom is -0.464 e. The van der Waals surface area contributed by atoms with E-state index >= 15 is 0 Å². The highest BCUT2D eigenvalue weighted by Crippen LogP contribution is 2.17. The molecule has 4 heteroatoms. The van der Waals surface area contributed by atoms with Crippen LogP contribution >= 0.6 is 0 Å². The lowest BCUT2D eigenvalue weighted by atomic mass is 10.3. The molecule has 0 aliphatic rings. The van der Waals surface area contributed by atoms with Crippen molar-refractivity contribution in [2.75, 3.05) is 17.7 Å². The van der Waals surface area contributed by atoms with Gasteiger partial charge >= 0.3 is 0 Å². The summed E-state index contributed by atoms with van der Waals surface area (Å²) in [6.07, 6.45) is 1.70. The standard InChI is InChI=1S/C12H15N3O/c1-9-3-4-11(16-9)8-15(2)10-5-6-14-12(13)7-10/h3-7H,8H2,1-2H3,(H2,13,14). The van der Waals surface area contributed by atoms with Crippen molar-refractivity contribution in [1.29, 1.82) is 0 Å². The van der Waals surface area contributed by atoms with Gasteiger partial charge in [0.2, 0.25) is 0 Å². The zero-order valence-electron chi connectivity index (χ0n) is 9.47. The normalized spacial score (nSPS) is 10.4. The van der Waals surface area contributed by atoms with E-state index in [1.165, 1.54) is 0 Å². The van der Waals surface area contributed by atoms with Gasteiger partial charge in [-0.2, -0.15) is 0 Å². The van der Waals surface area contributed by atoms with Crippen LogP contribution in [0.5, 0.6) is 0 Å². The Morgan fingerprint density at radius 2 is 2.19 bits per heavy atom. The van der Waals surface area contributed by atoms with Gasteiger partial charge in [0.1, 0.15) is 17.3 Å². The fraction of sp³-hybridized carbons (Fsp3) is 0.250. The first-order chi connectivity index (χ1) is 7.65. The first-order valence-electron chi connectivity index (χ1n) is 5.13. The summed E-state index contributed by atoms with van der Waals surface area (Å²) in [5, 5.41) is 0. The summed E-state index contributed by atoms with van der Waals surface area (Å²) in [6.45, 7) is 2.66. The Bertz CT molecular complexity index is 479. The molecule has 0 bridgehead atoms. The Morgan fingerprint density at radius 3 is 2.81 bits per heavy atom. The Morgan fingerprint density at radius 1 is 1.38 bits per heavy atom. The molecule has 84 valence electrons. The third-order valence-corrected chi connectivity index (χ3v) is 2.39. The van der Waals surface area contributed by atoms with Gasteiger partial charge in [-0.25, -0.2) is 4.98 Å². The van der Waals surface area contributed by atoms with Crippen molar-refractivity contribution in [1.82, 2.24) is 4.98 Å². The van der Waals surface area contributed by atoms with Gasteiger partial charge in [-0.3, -0.25) is 0 Å². The highest BCUT2D eigenvalue weighted by atomic mass is 16.3. The molecule has 0 amide bonds. The minimum absolute atomic E-state index is 0.528. The molecule has 0 fully saturated rings. The first kappa shape index (κ1) is 10.5. The number of hydrogen-bond donors (Lipinski definition) is 1. The van der Waals surface area contributed by atoms with E-state index in [0.29, 0.717) is 5.82 Å². The van der Waals surface area contributed by atoms with Gasteiger partial charge in [-0.1, -0.05) is 0 Å². The van der Waals surface area contributed by atoms with Crippen molar-refractivity contribution in [2.45, 2.75) is 13.5 Å². The van der Waals surface area contributed by atoms with Crippen LogP contribution < -0.4 is 10.6 Å². The summed E-state index contributed by atoms with van der Waals surface area (Å²) in [5.74, 6) is 2.40. The Kier molecular flexibility index (Phi) is 2.81. The number of nitrogens with zero attached hydrogens (tertiary/aromatic N) is 2. The van der Waals surface area contributed by atoms with E-state index in [-0.39, 0.29) is 0 Å². The second kappa shape index (κ2) is 4.26. The van der Waals surface area contributed by atoms with Gasteiger partial charge in [0, 0.05) is 25.0 Å². The maximum Gasteiger partial charge on any atom is 0.125 e. The first-order valence-corrected chi connectivity index (χ1v) is 5.13. The highest BCUT2D eigenvalue weighted by Gasteiger charge is 2.05.